The molecule has 0 spiro atoms. The largest absolute Gasteiger partial charge is 0.378 e. The van der Waals surface area contributed by atoms with Crippen LogP contribution in [0.2, 0.25) is 0 Å². The number of carbonyl (C=O) groups excluding carboxylic acids is 1. The lowest BCUT2D eigenvalue weighted by atomic mass is 10.1. The maximum absolute atomic E-state index is 12.2. The minimum atomic E-state index is 0. The maximum atomic E-state index is 12.2. The Labute approximate surface area is 150 Å². The van der Waals surface area contributed by atoms with Gasteiger partial charge in [-0.1, -0.05) is 12.1 Å². The van der Waals surface area contributed by atoms with Crippen molar-refractivity contribution in [3.63, 3.8) is 0 Å². The fourth-order valence-electron chi connectivity index (χ4n) is 2.99. The monoisotopic (exact) mass is 361 g/mol. The summed E-state index contributed by atoms with van der Waals surface area (Å²) >= 11 is 0. The first kappa shape index (κ1) is 20.0. The standard InChI is InChI=1S/C16H23N3O2.2ClH/c20-16(11-13-12-21-10-7-17-13)18-14-5-1-2-6-15(14)19-8-3-4-9-19;;/h1-2,5-6,13,17H,3-4,7-12H2,(H,18,20);2*1H. The molecule has 23 heavy (non-hydrogen) atoms. The molecule has 1 aromatic rings. The Balaban J connectivity index is 0.00000132. The summed E-state index contributed by atoms with van der Waals surface area (Å²) in [5.41, 5.74) is 2.05. The molecular formula is C16H25Cl2N3O2. The average Bonchev–Trinajstić information content (AvgIpc) is 3.03. The molecular weight excluding hydrogens is 337 g/mol. The summed E-state index contributed by atoms with van der Waals surface area (Å²) in [5, 5.41) is 6.37. The van der Waals surface area contributed by atoms with Crippen molar-refractivity contribution in [3.8, 4) is 0 Å². The van der Waals surface area contributed by atoms with Crippen LogP contribution in [0.5, 0.6) is 0 Å². The molecule has 2 aliphatic heterocycles. The Hall–Kier alpha value is -1.01. The van der Waals surface area contributed by atoms with Crippen molar-refractivity contribution in [2.24, 2.45) is 0 Å². The number of nitrogens with zero attached hydrogens (tertiary/aromatic N) is 1. The first-order valence-corrected chi connectivity index (χ1v) is 7.78. The number of morpholine rings is 1. The van der Waals surface area contributed by atoms with E-state index in [9.17, 15) is 4.79 Å². The van der Waals surface area contributed by atoms with Gasteiger partial charge in [0.05, 0.1) is 24.6 Å². The van der Waals surface area contributed by atoms with E-state index in [4.69, 9.17) is 4.74 Å². The molecule has 1 amide bonds. The molecule has 1 atom stereocenters. The van der Waals surface area contributed by atoms with Gasteiger partial charge < -0.3 is 20.3 Å². The lowest BCUT2D eigenvalue weighted by Crippen LogP contribution is -2.43. The zero-order chi connectivity index (χ0) is 14.5. The number of hydrogen-bond donors (Lipinski definition) is 2. The van der Waals surface area contributed by atoms with Crippen molar-refractivity contribution < 1.29 is 9.53 Å². The first-order chi connectivity index (χ1) is 10.3. The molecule has 0 aliphatic carbocycles. The van der Waals surface area contributed by atoms with Crippen LogP contribution in [0.3, 0.4) is 0 Å². The summed E-state index contributed by atoms with van der Waals surface area (Å²) in [7, 11) is 0. The van der Waals surface area contributed by atoms with Gasteiger partial charge in [0.15, 0.2) is 0 Å². The van der Waals surface area contributed by atoms with E-state index < -0.39 is 0 Å². The quantitative estimate of drug-likeness (QED) is 0.864. The van der Waals surface area contributed by atoms with Gasteiger partial charge in [0.1, 0.15) is 0 Å². The minimum Gasteiger partial charge on any atom is -0.378 e. The van der Waals surface area contributed by atoms with Gasteiger partial charge in [-0.05, 0) is 25.0 Å². The fraction of sp³-hybridized carbons (Fsp3) is 0.562. The van der Waals surface area contributed by atoms with Gasteiger partial charge in [-0.15, -0.1) is 24.8 Å². The van der Waals surface area contributed by atoms with E-state index in [2.05, 4.69) is 21.6 Å². The minimum absolute atomic E-state index is 0. The smallest absolute Gasteiger partial charge is 0.226 e. The molecule has 3 rings (SSSR count). The van der Waals surface area contributed by atoms with Gasteiger partial charge in [0.25, 0.3) is 0 Å². The second kappa shape index (κ2) is 9.98. The summed E-state index contributed by atoms with van der Waals surface area (Å²) in [6, 6.07) is 8.19. The highest BCUT2D eigenvalue weighted by atomic mass is 35.5. The number of para-hydroxylation sites is 2. The van der Waals surface area contributed by atoms with Gasteiger partial charge in [-0.3, -0.25) is 4.79 Å². The maximum Gasteiger partial charge on any atom is 0.226 e. The SMILES string of the molecule is Cl.Cl.O=C(CC1COCCN1)Nc1ccccc1N1CCCC1. The highest BCUT2D eigenvalue weighted by Crippen LogP contribution is 2.28. The van der Waals surface area contributed by atoms with Crippen molar-refractivity contribution in [1.29, 1.82) is 0 Å². The lowest BCUT2D eigenvalue weighted by molar-refractivity contribution is -0.117. The Bertz CT molecular complexity index is 490. The topological polar surface area (TPSA) is 53.6 Å². The molecule has 5 nitrogen and oxygen atoms in total. The Morgan fingerprint density at radius 1 is 1.26 bits per heavy atom. The van der Waals surface area contributed by atoms with Gasteiger partial charge in [-0.2, -0.15) is 0 Å². The molecule has 2 N–H and O–H groups in total. The molecule has 0 bridgehead atoms. The number of nitrogens with one attached hydrogen (secondary N) is 2. The number of halogens is 2. The second-order valence-corrected chi connectivity index (χ2v) is 5.69. The predicted molar refractivity (Wildman–Crippen MR) is 98.2 cm³/mol. The van der Waals surface area contributed by atoms with Gasteiger partial charge in [0, 0.05) is 32.1 Å². The Kier molecular flexibility index (Phi) is 8.69. The number of anilines is 2. The van der Waals surface area contributed by atoms with E-state index in [-0.39, 0.29) is 36.8 Å². The number of ether oxygens (including phenoxy) is 1. The van der Waals surface area contributed by atoms with E-state index in [0.717, 1.165) is 37.6 Å². The third-order valence-corrected chi connectivity index (χ3v) is 4.06. The molecule has 1 aromatic carbocycles. The highest BCUT2D eigenvalue weighted by Gasteiger charge is 2.19. The molecule has 0 radical (unpaired) electrons. The van der Waals surface area contributed by atoms with Crippen LogP contribution in [0.25, 0.3) is 0 Å². The molecule has 2 aliphatic rings. The zero-order valence-electron chi connectivity index (χ0n) is 13.1. The molecule has 130 valence electrons. The molecule has 7 heteroatoms. The summed E-state index contributed by atoms with van der Waals surface area (Å²) in [6.45, 7) is 4.31. The van der Waals surface area contributed by atoms with E-state index in [1.165, 1.54) is 12.8 Å². The number of carbonyl (C=O) groups is 1. The Morgan fingerprint density at radius 2 is 2.00 bits per heavy atom. The zero-order valence-corrected chi connectivity index (χ0v) is 14.8. The molecule has 2 fully saturated rings. The number of hydrogen-bond acceptors (Lipinski definition) is 4. The van der Waals surface area contributed by atoms with E-state index >= 15 is 0 Å². The third-order valence-electron chi connectivity index (χ3n) is 4.06. The predicted octanol–water partition coefficient (Wildman–Crippen LogP) is 2.45. The Morgan fingerprint density at radius 3 is 2.70 bits per heavy atom. The van der Waals surface area contributed by atoms with Crippen molar-refractivity contribution >= 4 is 42.1 Å². The van der Waals surface area contributed by atoms with E-state index in [0.29, 0.717) is 13.0 Å². The van der Waals surface area contributed by atoms with Crippen LogP contribution in [0.4, 0.5) is 11.4 Å². The lowest BCUT2D eigenvalue weighted by Gasteiger charge is -2.24. The van der Waals surface area contributed by atoms with Gasteiger partial charge in [0.2, 0.25) is 5.91 Å². The van der Waals surface area contributed by atoms with Crippen molar-refractivity contribution in [2.75, 3.05) is 43.1 Å². The number of rotatable bonds is 4. The number of amides is 1. The summed E-state index contributed by atoms with van der Waals surface area (Å²) < 4.78 is 5.39. The molecule has 2 saturated heterocycles. The number of benzene rings is 1. The third kappa shape index (κ3) is 5.53. The average molecular weight is 362 g/mol. The fourth-order valence-corrected chi connectivity index (χ4v) is 2.99. The van der Waals surface area contributed by atoms with Crippen molar-refractivity contribution in [3.05, 3.63) is 24.3 Å². The molecule has 0 saturated carbocycles. The molecule has 0 aromatic heterocycles. The van der Waals surface area contributed by atoms with Crippen LogP contribution in [-0.4, -0.2) is 44.8 Å². The summed E-state index contributed by atoms with van der Waals surface area (Å²) in [5.74, 6) is 0.0460. The first-order valence-electron chi connectivity index (χ1n) is 7.78. The highest BCUT2D eigenvalue weighted by molar-refractivity contribution is 5.94. The van der Waals surface area contributed by atoms with Crippen LogP contribution in [0.15, 0.2) is 24.3 Å². The van der Waals surface area contributed by atoms with Gasteiger partial charge >= 0.3 is 0 Å². The van der Waals surface area contributed by atoms with Crippen LogP contribution >= 0.6 is 24.8 Å². The molecule has 2 heterocycles. The van der Waals surface area contributed by atoms with Crippen LogP contribution in [-0.2, 0) is 9.53 Å². The normalized spacial score (nSPS) is 20.3. The van der Waals surface area contributed by atoms with Crippen LogP contribution in [0.1, 0.15) is 19.3 Å². The van der Waals surface area contributed by atoms with Gasteiger partial charge in [-0.25, -0.2) is 0 Å². The summed E-state index contributed by atoms with van der Waals surface area (Å²) in [4.78, 5) is 14.6. The second-order valence-electron chi connectivity index (χ2n) is 5.69. The van der Waals surface area contributed by atoms with Crippen molar-refractivity contribution in [1.82, 2.24) is 5.32 Å². The molecule has 1 unspecified atom stereocenters. The van der Waals surface area contributed by atoms with E-state index in [1.807, 2.05) is 18.2 Å². The van der Waals surface area contributed by atoms with E-state index in [1.54, 1.807) is 0 Å². The van der Waals surface area contributed by atoms with Crippen molar-refractivity contribution in [2.45, 2.75) is 25.3 Å². The summed E-state index contributed by atoms with van der Waals surface area (Å²) in [6.07, 6.45) is 2.91. The van der Waals surface area contributed by atoms with Crippen LogP contribution in [0, 0.1) is 0 Å². The van der Waals surface area contributed by atoms with Crippen LogP contribution < -0.4 is 15.5 Å².